The maximum atomic E-state index is 12.6. The molecule has 0 amide bonds. The fraction of sp³-hybridized carbons (Fsp3) is 0.235. The van der Waals surface area contributed by atoms with Crippen molar-refractivity contribution in [2.45, 2.75) is 18.4 Å². The maximum Gasteiger partial charge on any atom is 0.285 e. The third-order valence-electron chi connectivity index (χ3n) is 3.55. The molecule has 25 heavy (non-hydrogen) atoms. The number of ether oxygens (including phenoxy) is 1. The Hall–Kier alpha value is -1.48. The van der Waals surface area contributed by atoms with Crippen molar-refractivity contribution in [2.75, 3.05) is 13.2 Å². The van der Waals surface area contributed by atoms with Crippen LogP contribution in [-0.2, 0) is 21.3 Å². The molecule has 0 atom stereocenters. The third-order valence-corrected chi connectivity index (χ3v) is 6.48. The molecule has 0 spiro atoms. The van der Waals surface area contributed by atoms with Gasteiger partial charge < -0.3 is 9.30 Å². The van der Waals surface area contributed by atoms with E-state index in [1.54, 1.807) is 30.3 Å². The molecule has 8 heteroatoms. The standard InChI is InChI=1S/C17H17BrN2O3S2/c1-2-23-11-10-20-15-9-8-13(18)12-16(15)24-17(20)19-25(21,22)14-6-4-3-5-7-14/h3-9,12H,2,10-11H2,1H3. The van der Waals surface area contributed by atoms with Crippen LogP contribution in [0, 0.1) is 0 Å². The molecule has 3 aromatic rings. The Kier molecular flexibility index (Phi) is 5.73. The topological polar surface area (TPSA) is 60.7 Å². The summed E-state index contributed by atoms with van der Waals surface area (Å²) in [7, 11) is -3.76. The van der Waals surface area contributed by atoms with E-state index in [-0.39, 0.29) is 4.90 Å². The predicted octanol–water partition coefficient (Wildman–Crippen LogP) is 3.79. The van der Waals surface area contributed by atoms with Crippen LogP contribution in [0.1, 0.15) is 6.92 Å². The summed E-state index contributed by atoms with van der Waals surface area (Å²) in [6, 6.07) is 14.1. The van der Waals surface area contributed by atoms with E-state index in [1.807, 2.05) is 29.7 Å². The molecule has 0 radical (unpaired) electrons. The Bertz CT molecular complexity index is 1040. The predicted molar refractivity (Wildman–Crippen MR) is 103 cm³/mol. The zero-order chi connectivity index (χ0) is 17.9. The van der Waals surface area contributed by atoms with Gasteiger partial charge in [0.05, 0.1) is 21.7 Å². The molecule has 0 aliphatic heterocycles. The van der Waals surface area contributed by atoms with Crippen molar-refractivity contribution in [2.24, 2.45) is 4.40 Å². The van der Waals surface area contributed by atoms with E-state index in [4.69, 9.17) is 4.74 Å². The van der Waals surface area contributed by atoms with Crippen LogP contribution < -0.4 is 4.80 Å². The molecular weight excluding hydrogens is 424 g/mol. The lowest BCUT2D eigenvalue weighted by atomic mass is 10.3. The molecule has 0 aliphatic rings. The van der Waals surface area contributed by atoms with E-state index in [1.165, 1.54) is 11.3 Å². The minimum atomic E-state index is -3.76. The Morgan fingerprint density at radius 2 is 1.96 bits per heavy atom. The van der Waals surface area contributed by atoms with Crippen molar-refractivity contribution in [1.29, 1.82) is 0 Å². The molecule has 0 fully saturated rings. The fourth-order valence-electron chi connectivity index (χ4n) is 2.38. The Balaban J connectivity index is 2.15. The lowest BCUT2D eigenvalue weighted by molar-refractivity contribution is 0.139. The van der Waals surface area contributed by atoms with Gasteiger partial charge in [0.15, 0.2) is 0 Å². The van der Waals surface area contributed by atoms with E-state index >= 15 is 0 Å². The molecule has 0 saturated carbocycles. The third kappa shape index (κ3) is 4.20. The number of hydrogen-bond acceptors (Lipinski definition) is 4. The maximum absolute atomic E-state index is 12.6. The van der Waals surface area contributed by atoms with Crippen molar-refractivity contribution in [1.82, 2.24) is 4.57 Å². The molecule has 1 heterocycles. The highest BCUT2D eigenvalue weighted by atomic mass is 79.9. The molecule has 0 aliphatic carbocycles. The van der Waals surface area contributed by atoms with E-state index < -0.39 is 10.0 Å². The summed E-state index contributed by atoms with van der Waals surface area (Å²) < 4.78 is 38.5. The number of rotatable bonds is 6. The van der Waals surface area contributed by atoms with Crippen LogP contribution in [0.15, 0.2) is 62.3 Å². The van der Waals surface area contributed by atoms with E-state index in [9.17, 15) is 8.42 Å². The zero-order valence-corrected chi connectivity index (χ0v) is 16.8. The Morgan fingerprint density at radius 3 is 2.68 bits per heavy atom. The van der Waals surface area contributed by atoms with Gasteiger partial charge in [0, 0.05) is 17.6 Å². The van der Waals surface area contributed by atoms with E-state index in [2.05, 4.69) is 20.3 Å². The minimum absolute atomic E-state index is 0.185. The van der Waals surface area contributed by atoms with Gasteiger partial charge in [-0.15, -0.1) is 4.40 Å². The van der Waals surface area contributed by atoms with Crippen LogP contribution in [0.25, 0.3) is 10.2 Å². The van der Waals surface area contributed by atoms with Crippen molar-refractivity contribution in [3.8, 4) is 0 Å². The molecule has 0 saturated heterocycles. The second kappa shape index (κ2) is 7.82. The summed E-state index contributed by atoms with van der Waals surface area (Å²) in [5, 5.41) is 0. The summed E-state index contributed by atoms with van der Waals surface area (Å²) in [4.78, 5) is 0.627. The number of sulfonamides is 1. The van der Waals surface area contributed by atoms with Crippen LogP contribution in [0.2, 0.25) is 0 Å². The first-order valence-electron chi connectivity index (χ1n) is 7.74. The van der Waals surface area contributed by atoms with Crippen molar-refractivity contribution in [3.05, 3.63) is 57.8 Å². The van der Waals surface area contributed by atoms with Gasteiger partial charge in [-0.25, -0.2) is 0 Å². The van der Waals surface area contributed by atoms with Crippen molar-refractivity contribution in [3.63, 3.8) is 0 Å². The number of halogens is 1. The molecule has 1 aromatic heterocycles. The number of hydrogen-bond donors (Lipinski definition) is 0. The summed E-state index contributed by atoms with van der Waals surface area (Å²) >= 11 is 4.80. The summed E-state index contributed by atoms with van der Waals surface area (Å²) in [5.74, 6) is 0. The van der Waals surface area contributed by atoms with Gasteiger partial charge in [0.1, 0.15) is 0 Å². The van der Waals surface area contributed by atoms with E-state index in [0.29, 0.717) is 24.6 Å². The van der Waals surface area contributed by atoms with Gasteiger partial charge >= 0.3 is 0 Å². The van der Waals surface area contributed by atoms with Gasteiger partial charge in [-0.05, 0) is 37.3 Å². The van der Waals surface area contributed by atoms with Gasteiger partial charge in [-0.3, -0.25) is 0 Å². The number of benzene rings is 2. The fourth-order valence-corrected chi connectivity index (χ4v) is 5.21. The highest BCUT2D eigenvalue weighted by Gasteiger charge is 2.14. The number of aromatic nitrogens is 1. The summed E-state index contributed by atoms with van der Waals surface area (Å²) in [6.45, 7) is 3.58. The average Bonchev–Trinajstić information content (AvgIpc) is 2.91. The van der Waals surface area contributed by atoms with Gasteiger partial charge in [0.2, 0.25) is 4.80 Å². The molecule has 0 bridgehead atoms. The highest BCUT2D eigenvalue weighted by molar-refractivity contribution is 9.10. The first-order chi connectivity index (χ1) is 12.0. The van der Waals surface area contributed by atoms with Crippen LogP contribution in [0.3, 0.4) is 0 Å². The SMILES string of the molecule is CCOCCn1c(=NS(=O)(=O)c2ccccc2)sc2cc(Br)ccc21. The average molecular weight is 441 g/mol. The molecule has 5 nitrogen and oxygen atoms in total. The largest absolute Gasteiger partial charge is 0.380 e. The van der Waals surface area contributed by atoms with Gasteiger partial charge in [-0.1, -0.05) is 45.5 Å². The van der Waals surface area contributed by atoms with Crippen LogP contribution in [-0.4, -0.2) is 26.2 Å². The van der Waals surface area contributed by atoms with Crippen molar-refractivity contribution >= 4 is 47.5 Å². The van der Waals surface area contributed by atoms with Gasteiger partial charge in [0.25, 0.3) is 10.0 Å². The van der Waals surface area contributed by atoms with Gasteiger partial charge in [-0.2, -0.15) is 8.42 Å². The lowest BCUT2D eigenvalue weighted by Crippen LogP contribution is -2.19. The van der Waals surface area contributed by atoms with Crippen LogP contribution in [0.4, 0.5) is 0 Å². The number of fused-ring (bicyclic) bond motifs is 1. The first kappa shape index (κ1) is 18.3. The van der Waals surface area contributed by atoms with E-state index in [0.717, 1.165) is 14.7 Å². The first-order valence-corrected chi connectivity index (χ1v) is 10.8. The smallest absolute Gasteiger partial charge is 0.285 e. The highest BCUT2D eigenvalue weighted by Crippen LogP contribution is 2.23. The summed E-state index contributed by atoms with van der Waals surface area (Å²) in [5.41, 5.74) is 0.940. The Morgan fingerprint density at radius 1 is 1.20 bits per heavy atom. The summed E-state index contributed by atoms with van der Waals surface area (Å²) in [6.07, 6.45) is 0. The molecule has 0 N–H and O–H groups in total. The van der Waals surface area contributed by atoms with Crippen molar-refractivity contribution < 1.29 is 13.2 Å². The Labute approximate surface area is 158 Å². The van der Waals surface area contributed by atoms with Crippen LogP contribution >= 0.6 is 27.3 Å². The molecular formula is C17H17BrN2O3S2. The zero-order valence-electron chi connectivity index (χ0n) is 13.6. The lowest BCUT2D eigenvalue weighted by Gasteiger charge is -2.05. The van der Waals surface area contributed by atoms with Crippen LogP contribution in [0.5, 0.6) is 0 Å². The molecule has 132 valence electrons. The minimum Gasteiger partial charge on any atom is -0.380 e. The monoisotopic (exact) mass is 440 g/mol. The normalized spacial score (nSPS) is 12.8. The molecule has 3 rings (SSSR count). The number of nitrogens with zero attached hydrogens (tertiary/aromatic N) is 2. The molecule has 2 aromatic carbocycles. The second-order valence-electron chi connectivity index (χ2n) is 5.22. The second-order valence-corrected chi connectivity index (χ2v) is 8.75. The molecule has 0 unspecified atom stereocenters. The quantitative estimate of drug-likeness (QED) is 0.547. The number of thiazole rings is 1.